The molecule has 0 unspecified atom stereocenters. The molecule has 1 fully saturated rings. The van der Waals surface area contributed by atoms with E-state index in [0.29, 0.717) is 5.02 Å². The topological polar surface area (TPSA) is 37.4 Å². The summed E-state index contributed by atoms with van der Waals surface area (Å²) < 4.78 is 5.38. The summed E-state index contributed by atoms with van der Waals surface area (Å²) in [5.74, 6) is 0.747. The number of hydrogen-bond donors (Lipinski definition) is 1. The van der Waals surface area contributed by atoms with Gasteiger partial charge in [-0.25, -0.2) is 4.98 Å². The Morgan fingerprint density at radius 3 is 2.80 bits per heavy atom. The first-order valence-electron chi connectivity index (χ1n) is 6.62. The summed E-state index contributed by atoms with van der Waals surface area (Å²) in [6.07, 6.45) is 1.69. The smallest absolute Gasteiger partial charge is 0.131 e. The van der Waals surface area contributed by atoms with Gasteiger partial charge in [0.1, 0.15) is 5.82 Å². The van der Waals surface area contributed by atoms with E-state index in [9.17, 15) is 0 Å². The lowest BCUT2D eigenvalue weighted by Gasteiger charge is -2.29. The van der Waals surface area contributed by atoms with Gasteiger partial charge in [0, 0.05) is 35.7 Å². The third kappa shape index (κ3) is 3.21. The Bertz CT molecular complexity index is 585. The largest absolute Gasteiger partial charge is 0.378 e. The molecule has 0 atom stereocenters. The van der Waals surface area contributed by atoms with Crippen molar-refractivity contribution in [2.75, 3.05) is 36.5 Å². The van der Waals surface area contributed by atoms with E-state index in [2.05, 4.69) is 27.3 Å². The average Bonchev–Trinajstić information content (AvgIpc) is 2.48. The van der Waals surface area contributed by atoms with E-state index < -0.39 is 0 Å². The Morgan fingerprint density at radius 2 is 2.00 bits per heavy atom. The van der Waals surface area contributed by atoms with E-state index in [-0.39, 0.29) is 0 Å². The number of pyridine rings is 1. The van der Waals surface area contributed by atoms with Crippen LogP contribution in [0, 0.1) is 0 Å². The van der Waals surface area contributed by atoms with Crippen LogP contribution < -0.4 is 10.2 Å². The summed E-state index contributed by atoms with van der Waals surface area (Å²) in [4.78, 5) is 6.57. The molecule has 1 aromatic carbocycles. The zero-order chi connectivity index (χ0) is 13.8. The highest BCUT2D eigenvalue weighted by atomic mass is 35.5. The first-order chi connectivity index (χ1) is 9.81. The summed E-state index contributed by atoms with van der Waals surface area (Å²) in [7, 11) is 0. The van der Waals surface area contributed by atoms with Gasteiger partial charge in [-0.15, -0.1) is 0 Å². The van der Waals surface area contributed by atoms with Gasteiger partial charge >= 0.3 is 0 Å². The molecule has 1 saturated heterocycles. The van der Waals surface area contributed by atoms with Crippen molar-refractivity contribution in [2.45, 2.75) is 0 Å². The molecule has 0 amide bonds. The zero-order valence-corrected chi connectivity index (χ0v) is 11.8. The Kier molecular flexibility index (Phi) is 4.04. The minimum Gasteiger partial charge on any atom is -0.378 e. The van der Waals surface area contributed by atoms with Crippen LogP contribution in [0.4, 0.5) is 17.2 Å². The Labute approximate surface area is 123 Å². The monoisotopic (exact) mass is 289 g/mol. The van der Waals surface area contributed by atoms with Crippen LogP contribution in [0.3, 0.4) is 0 Å². The molecule has 5 heteroatoms. The molecule has 2 heterocycles. The van der Waals surface area contributed by atoms with Gasteiger partial charge in [0.25, 0.3) is 0 Å². The van der Waals surface area contributed by atoms with Crippen LogP contribution in [-0.2, 0) is 4.74 Å². The van der Waals surface area contributed by atoms with Crippen molar-refractivity contribution in [1.82, 2.24) is 4.98 Å². The maximum absolute atomic E-state index is 5.96. The average molecular weight is 290 g/mol. The fourth-order valence-electron chi connectivity index (χ4n) is 2.22. The first-order valence-corrected chi connectivity index (χ1v) is 7.00. The molecule has 0 bridgehead atoms. The maximum atomic E-state index is 5.96. The van der Waals surface area contributed by atoms with Gasteiger partial charge < -0.3 is 15.0 Å². The number of halogens is 1. The Balaban J connectivity index is 1.77. The summed E-state index contributed by atoms with van der Waals surface area (Å²) in [5, 5.41) is 3.94. The van der Waals surface area contributed by atoms with Crippen LogP contribution in [0.1, 0.15) is 0 Å². The fraction of sp³-hybridized carbons (Fsp3) is 0.267. The fourth-order valence-corrected chi connectivity index (χ4v) is 2.38. The second-order valence-corrected chi connectivity index (χ2v) is 5.07. The molecule has 1 aromatic heterocycles. The normalized spacial score (nSPS) is 15.2. The minimum atomic E-state index is 0.673. The predicted octanol–water partition coefficient (Wildman–Crippen LogP) is 3.32. The van der Waals surface area contributed by atoms with Crippen molar-refractivity contribution in [1.29, 1.82) is 0 Å². The highest BCUT2D eigenvalue weighted by Crippen LogP contribution is 2.23. The molecular weight excluding hydrogens is 274 g/mol. The van der Waals surface area contributed by atoms with Gasteiger partial charge in [0.05, 0.1) is 13.2 Å². The van der Waals surface area contributed by atoms with Gasteiger partial charge in [-0.3, -0.25) is 0 Å². The van der Waals surface area contributed by atoms with Gasteiger partial charge in [-0.05, 0) is 30.3 Å². The van der Waals surface area contributed by atoms with E-state index in [1.165, 1.54) is 5.69 Å². The van der Waals surface area contributed by atoms with E-state index in [0.717, 1.165) is 37.8 Å². The SMILES string of the molecule is Clc1ccnc(Nc2cccc(N3CCOCC3)c2)c1. The summed E-state index contributed by atoms with van der Waals surface area (Å²) in [6, 6.07) is 11.9. The molecular formula is C15H16ClN3O. The number of anilines is 3. The van der Waals surface area contributed by atoms with Crippen LogP contribution >= 0.6 is 11.6 Å². The van der Waals surface area contributed by atoms with E-state index in [1.54, 1.807) is 12.3 Å². The molecule has 4 nitrogen and oxygen atoms in total. The molecule has 1 aliphatic rings. The molecule has 0 aliphatic carbocycles. The molecule has 0 radical (unpaired) electrons. The lowest BCUT2D eigenvalue weighted by atomic mass is 10.2. The van der Waals surface area contributed by atoms with Crippen LogP contribution in [0.15, 0.2) is 42.6 Å². The van der Waals surface area contributed by atoms with E-state index in [4.69, 9.17) is 16.3 Å². The number of aromatic nitrogens is 1. The lowest BCUT2D eigenvalue weighted by molar-refractivity contribution is 0.122. The highest BCUT2D eigenvalue weighted by Gasteiger charge is 2.11. The van der Waals surface area contributed by atoms with Gasteiger partial charge in [0.2, 0.25) is 0 Å². The third-order valence-electron chi connectivity index (χ3n) is 3.22. The van der Waals surface area contributed by atoms with Gasteiger partial charge in [-0.2, -0.15) is 0 Å². The summed E-state index contributed by atoms with van der Waals surface area (Å²) in [5.41, 5.74) is 2.20. The second-order valence-electron chi connectivity index (χ2n) is 4.63. The van der Waals surface area contributed by atoms with Crippen molar-refractivity contribution < 1.29 is 4.74 Å². The quantitative estimate of drug-likeness (QED) is 0.941. The van der Waals surface area contributed by atoms with E-state index in [1.807, 2.05) is 18.2 Å². The summed E-state index contributed by atoms with van der Waals surface area (Å²) >= 11 is 5.96. The minimum absolute atomic E-state index is 0.673. The number of nitrogens with one attached hydrogen (secondary N) is 1. The second kappa shape index (κ2) is 6.11. The van der Waals surface area contributed by atoms with Crippen molar-refractivity contribution in [3.63, 3.8) is 0 Å². The molecule has 1 aliphatic heterocycles. The van der Waals surface area contributed by atoms with Crippen molar-refractivity contribution in [2.24, 2.45) is 0 Å². The van der Waals surface area contributed by atoms with Crippen LogP contribution in [0.25, 0.3) is 0 Å². The number of ether oxygens (including phenoxy) is 1. The third-order valence-corrected chi connectivity index (χ3v) is 3.45. The molecule has 0 spiro atoms. The van der Waals surface area contributed by atoms with Crippen molar-refractivity contribution >= 4 is 28.8 Å². The van der Waals surface area contributed by atoms with Crippen LogP contribution in [0.2, 0.25) is 5.02 Å². The molecule has 0 saturated carbocycles. The highest BCUT2D eigenvalue weighted by molar-refractivity contribution is 6.30. The van der Waals surface area contributed by atoms with Crippen LogP contribution in [0.5, 0.6) is 0 Å². The molecule has 3 rings (SSSR count). The standard InChI is InChI=1S/C15H16ClN3O/c16-12-4-5-17-15(10-12)18-13-2-1-3-14(11-13)19-6-8-20-9-7-19/h1-5,10-11H,6-9H2,(H,17,18). The number of benzene rings is 1. The Morgan fingerprint density at radius 1 is 1.15 bits per heavy atom. The van der Waals surface area contributed by atoms with Crippen LogP contribution in [-0.4, -0.2) is 31.3 Å². The van der Waals surface area contributed by atoms with E-state index >= 15 is 0 Å². The number of nitrogens with zero attached hydrogens (tertiary/aromatic N) is 2. The molecule has 20 heavy (non-hydrogen) atoms. The number of rotatable bonds is 3. The first kappa shape index (κ1) is 13.2. The van der Waals surface area contributed by atoms with Crippen molar-refractivity contribution in [3.05, 3.63) is 47.6 Å². The van der Waals surface area contributed by atoms with Gasteiger partial charge in [0.15, 0.2) is 0 Å². The number of morpholine rings is 1. The number of hydrogen-bond acceptors (Lipinski definition) is 4. The lowest BCUT2D eigenvalue weighted by Crippen LogP contribution is -2.36. The van der Waals surface area contributed by atoms with Crippen molar-refractivity contribution in [3.8, 4) is 0 Å². The molecule has 104 valence electrons. The van der Waals surface area contributed by atoms with Gasteiger partial charge in [-0.1, -0.05) is 17.7 Å². The summed E-state index contributed by atoms with van der Waals surface area (Å²) in [6.45, 7) is 3.43. The zero-order valence-electron chi connectivity index (χ0n) is 11.1. The molecule has 1 N–H and O–H groups in total. The predicted molar refractivity (Wildman–Crippen MR) is 82.0 cm³/mol. The Hall–Kier alpha value is -1.78. The maximum Gasteiger partial charge on any atom is 0.131 e. The molecule has 2 aromatic rings.